The standard InChI is InChI=1S/C26H36NO6/c1-25(2,30)23(28)19-7-11-21(12-8-19)32-17-15-27(5,6)16-18-33-22-13-9-20(10-14-22)24(29)26(3,4)31/h7-14,30-31H,15-18H2,1-6H3/q+1. The second kappa shape index (κ2) is 10.5. The van der Waals surface area contributed by atoms with E-state index in [0.29, 0.717) is 40.3 Å². The van der Waals surface area contributed by atoms with E-state index in [2.05, 4.69) is 14.1 Å². The summed E-state index contributed by atoms with van der Waals surface area (Å²) in [5.74, 6) is 0.675. The number of hydrogen-bond donors (Lipinski definition) is 2. The average molecular weight is 459 g/mol. The van der Waals surface area contributed by atoms with Gasteiger partial charge in [-0.25, -0.2) is 0 Å². The highest BCUT2D eigenvalue weighted by molar-refractivity contribution is 6.02. The zero-order valence-electron chi connectivity index (χ0n) is 20.4. The Bertz CT molecular complexity index is 857. The van der Waals surface area contributed by atoms with Crippen LogP contribution in [0.4, 0.5) is 0 Å². The summed E-state index contributed by atoms with van der Waals surface area (Å²) in [5.41, 5.74) is -1.91. The van der Waals surface area contributed by atoms with Gasteiger partial charge in [-0.1, -0.05) is 0 Å². The first-order chi connectivity index (χ1) is 15.2. The van der Waals surface area contributed by atoms with Gasteiger partial charge in [0.25, 0.3) is 0 Å². The predicted octanol–water partition coefficient (Wildman–Crippen LogP) is 3.13. The normalized spacial score (nSPS) is 12.4. The van der Waals surface area contributed by atoms with Crippen LogP contribution < -0.4 is 9.47 Å². The maximum Gasteiger partial charge on any atom is 0.193 e. The number of quaternary nitrogens is 1. The lowest BCUT2D eigenvalue weighted by atomic mass is 9.97. The van der Waals surface area contributed by atoms with Gasteiger partial charge >= 0.3 is 0 Å². The first kappa shape index (κ1) is 26.5. The van der Waals surface area contributed by atoms with E-state index in [4.69, 9.17) is 9.47 Å². The molecule has 0 spiro atoms. The second-order valence-electron chi connectivity index (χ2n) is 9.90. The van der Waals surface area contributed by atoms with Crippen LogP contribution >= 0.6 is 0 Å². The molecule has 0 heterocycles. The van der Waals surface area contributed by atoms with Gasteiger partial charge in [-0.2, -0.15) is 0 Å². The number of aliphatic hydroxyl groups is 2. The third-order valence-electron chi connectivity index (χ3n) is 5.28. The summed E-state index contributed by atoms with van der Waals surface area (Å²) in [4.78, 5) is 24.2. The summed E-state index contributed by atoms with van der Waals surface area (Å²) < 4.78 is 12.3. The zero-order chi connectivity index (χ0) is 24.9. The van der Waals surface area contributed by atoms with Crippen LogP contribution in [0.5, 0.6) is 11.5 Å². The van der Waals surface area contributed by atoms with Crippen LogP contribution in [-0.4, -0.2) is 77.9 Å². The van der Waals surface area contributed by atoms with E-state index in [9.17, 15) is 19.8 Å². The first-order valence-corrected chi connectivity index (χ1v) is 11.0. The van der Waals surface area contributed by atoms with Gasteiger partial charge in [0.1, 0.15) is 49.0 Å². The number of benzene rings is 2. The Hall–Kier alpha value is -2.74. The molecule has 0 atom stereocenters. The summed E-state index contributed by atoms with van der Waals surface area (Å²) in [6, 6.07) is 13.5. The molecule has 0 unspecified atom stereocenters. The highest BCUT2D eigenvalue weighted by Crippen LogP contribution is 2.18. The van der Waals surface area contributed by atoms with Crippen LogP contribution in [-0.2, 0) is 0 Å². The molecule has 0 amide bonds. The summed E-state index contributed by atoms with van der Waals surface area (Å²) in [6.45, 7) is 8.39. The van der Waals surface area contributed by atoms with Crippen molar-refractivity contribution in [2.45, 2.75) is 38.9 Å². The molecule has 33 heavy (non-hydrogen) atoms. The SMILES string of the molecule is CC(C)(O)C(=O)c1ccc(OCC[N+](C)(C)CCOc2ccc(C(=O)C(C)(C)O)cc2)cc1. The van der Waals surface area contributed by atoms with Crippen molar-refractivity contribution < 1.29 is 33.8 Å². The third kappa shape index (κ3) is 8.28. The maximum absolute atomic E-state index is 12.1. The molecule has 0 bridgehead atoms. The average Bonchev–Trinajstić information content (AvgIpc) is 2.72. The largest absolute Gasteiger partial charge is 0.488 e. The lowest BCUT2D eigenvalue weighted by Crippen LogP contribution is -2.45. The summed E-state index contributed by atoms with van der Waals surface area (Å²) in [5, 5.41) is 19.7. The fourth-order valence-corrected chi connectivity index (χ4v) is 3.04. The van der Waals surface area contributed by atoms with Crippen LogP contribution in [0.2, 0.25) is 0 Å². The number of Topliss-reactive ketones (excluding diaryl/α,β-unsaturated/α-hetero) is 2. The monoisotopic (exact) mass is 458 g/mol. The van der Waals surface area contributed by atoms with Crippen molar-refractivity contribution in [3.63, 3.8) is 0 Å². The minimum atomic E-state index is -1.40. The van der Waals surface area contributed by atoms with Crippen LogP contribution in [0.3, 0.4) is 0 Å². The summed E-state index contributed by atoms with van der Waals surface area (Å²) in [7, 11) is 4.17. The Labute approximate surface area is 196 Å². The number of carbonyl (C=O) groups excluding carboxylic acids is 2. The number of likely N-dealkylation sites (N-methyl/N-ethyl adjacent to an activating group) is 1. The maximum atomic E-state index is 12.1. The van der Waals surface area contributed by atoms with E-state index >= 15 is 0 Å². The molecule has 2 rings (SSSR count). The second-order valence-corrected chi connectivity index (χ2v) is 9.90. The molecule has 0 aliphatic rings. The number of hydrogen-bond acceptors (Lipinski definition) is 6. The molecule has 7 nitrogen and oxygen atoms in total. The van der Waals surface area contributed by atoms with Gasteiger partial charge in [0.15, 0.2) is 11.6 Å². The topological polar surface area (TPSA) is 93.1 Å². The van der Waals surface area contributed by atoms with E-state index in [-0.39, 0.29) is 11.6 Å². The van der Waals surface area contributed by atoms with Crippen LogP contribution in [0.15, 0.2) is 48.5 Å². The molecule has 180 valence electrons. The van der Waals surface area contributed by atoms with Crippen LogP contribution in [0, 0.1) is 0 Å². The van der Waals surface area contributed by atoms with E-state index < -0.39 is 11.2 Å². The predicted molar refractivity (Wildman–Crippen MR) is 127 cm³/mol. The lowest BCUT2D eigenvalue weighted by molar-refractivity contribution is -0.890. The first-order valence-electron chi connectivity index (χ1n) is 11.0. The Morgan fingerprint density at radius 2 is 1.00 bits per heavy atom. The number of carbonyl (C=O) groups is 2. The van der Waals surface area contributed by atoms with Gasteiger partial charge in [-0.15, -0.1) is 0 Å². The Morgan fingerprint density at radius 3 is 1.27 bits per heavy atom. The van der Waals surface area contributed by atoms with Gasteiger partial charge in [0.05, 0.1) is 14.1 Å². The Morgan fingerprint density at radius 1 is 0.697 bits per heavy atom. The molecule has 0 radical (unpaired) electrons. The van der Waals surface area contributed by atoms with Gasteiger partial charge < -0.3 is 24.2 Å². The Balaban J connectivity index is 1.77. The van der Waals surface area contributed by atoms with Crippen molar-refractivity contribution in [2.24, 2.45) is 0 Å². The fraction of sp³-hybridized carbons (Fsp3) is 0.462. The molecule has 0 saturated carbocycles. The van der Waals surface area contributed by atoms with E-state index in [1.807, 2.05) is 0 Å². The van der Waals surface area contributed by atoms with E-state index in [0.717, 1.165) is 13.1 Å². The third-order valence-corrected chi connectivity index (χ3v) is 5.28. The van der Waals surface area contributed by atoms with Crippen molar-refractivity contribution in [3.8, 4) is 11.5 Å². The van der Waals surface area contributed by atoms with Gasteiger partial charge in [-0.3, -0.25) is 9.59 Å². The Kier molecular flexibility index (Phi) is 8.41. The molecule has 0 saturated heterocycles. The van der Waals surface area contributed by atoms with Crippen molar-refractivity contribution in [3.05, 3.63) is 59.7 Å². The smallest absolute Gasteiger partial charge is 0.193 e. The molecular formula is C26H36NO6+. The molecule has 0 aliphatic heterocycles. The van der Waals surface area contributed by atoms with E-state index in [1.165, 1.54) is 27.7 Å². The van der Waals surface area contributed by atoms with Crippen LogP contribution in [0.1, 0.15) is 48.4 Å². The van der Waals surface area contributed by atoms with Crippen molar-refractivity contribution in [1.82, 2.24) is 0 Å². The molecule has 7 heteroatoms. The number of ether oxygens (including phenoxy) is 2. The highest BCUT2D eigenvalue weighted by Gasteiger charge is 2.26. The summed E-state index contributed by atoms with van der Waals surface area (Å²) in [6.07, 6.45) is 0. The van der Waals surface area contributed by atoms with Crippen molar-refractivity contribution in [1.29, 1.82) is 0 Å². The van der Waals surface area contributed by atoms with Crippen molar-refractivity contribution in [2.75, 3.05) is 40.4 Å². The van der Waals surface area contributed by atoms with Gasteiger partial charge in [0.2, 0.25) is 0 Å². The highest BCUT2D eigenvalue weighted by atomic mass is 16.5. The molecular weight excluding hydrogens is 422 g/mol. The lowest BCUT2D eigenvalue weighted by Gasteiger charge is -2.29. The summed E-state index contributed by atoms with van der Waals surface area (Å²) >= 11 is 0. The van der Waals surface area contributed by atoms with Gasteiger partial charge in [0, 0.05) is 11.1 Å². The molecule has 0 aliphatic carbocycles. The fourth-order valence-electron chi connectivity index (χ4n) is 3.04. The molecule has 0 fully saturated rings. The number of rotatable bonds is 12. The molecule has 0 aromatic heterocycles. The van der Waals surface area contributed by atoms with Crippen LogP contribution in [0.25, 0.3) is 0 Å². The number of nitrogens with zero attached hydrogens (tertiary/aromatic N) is 1. The molecule has 2 N–H and O–H groups in total. The molecule has 2 aromatic carbocycles. The van der Waals surface area contributed by atoms with Gasteiger partial charge in [-0.05, 0) is 76.2 Å². The van der Waals surface area contributed by atoms with Crippen molar-refractivity contribution >= 4 is 11.6 Å². The molecule has 2 aromatic rings. The minimum Gasteiger partial charge on any atom is -0.488 e. The zero-order valence-corrected chi connectivity index (χ0v) is 20.4. The quantitative estimate of drug-likeness (QED) is 0.375. The number of ketones is 2. The van der Waals surface area contributed by atoms with E-state index in [1.54, 1.807) is 48.5 Å². The minimum absolute atomic E-state index is 0.328.